The molecule has 1 fully saturated rings. The second-order valence-corrected chi connectivity index (χ2v) is 9.39. The van der Waals surface area contributed by atoms with Crippen LogP contribution in [0.2, 0.25) is 0 Å². The quantitative estimate of drug-likeness (QED) is 0.477. The van der Waals surface area contributed by atoms with Crippen LogP contribution >= 0.6 is 0 Å². The summed E-state index contributed by atoms with van der Waals surface area (Å²) in [7, 11) is 1.88. The van der Waals surface area contributed by atoms with Crippen LogP contribution in [-0.2, 0) is 18.3 Å². The molecule has 1 aliphatic rings. The largest absolute Gasteiger partial charge is 0.573 e. The van der Waals surface area contributed by atoms with Gasteiger partial charge in [-0.2, -0.15) is 4.48 Å². The first kappa shape index (κ1) is 24.7. The molecule has 2 aromatic carbocycles. The Morgan fingerprint density at radius 3 is 2.49 bits per heavy atom. The predicted octanol–water partition coefficient (Wildman–Crippen LogP) is 5.55. The summed E-state index contributed by atoms with van der Waals surface area (Å²) >= 11 is 0. The van der Waals surface area contributed by atoms with Crippen LogP contribution in [0.3, 0.4) is 0 Å². The summed E-state index contributed by atoms with van der Waals surface area (Å²) in [5, 5.41) is 2.55. The molecule has 0 radical (unpaired) electrons. The van der Waals surface area contributed by atoms with Crippen LogP contribution in [0, 0.1) is 0 Å². The van der Waals surface area contributed by atoms with Gasteiger partial charge in [-0.15, -0.1) is 13.2 Å². The number of ether oxygens (including phenoxy) is 1. The Morgan fingerprint density at radius 1 is 1.14 bits per heavy atom. The van der Waals surface area contributed by atoms with Crippen LogP contribution in [0.1, 0.15) is 38.9 Å². The Bertz CT molecular complexity index is 1270. The van der Waals surface area contributed by atoms with Gasteiger partial charge in [0.2, 0.25) is 0 Å². The highest BCUT2D eigenvalue weighted by Crippen LogP contribution is 2.40. The SMILES string of the molecule is Cn1c(CCC(=O)[N+]2(C(=O)Nc3ccccc3OC(F)(F)F)CCCC2(C)C)nc2ccccc21. The van der Waals surface area contributed by atoms with Crippen molar-refractivity contribution in [1.82, 2.24) is 9.55 Å². The summed E-state index contributed by atoms with van der Waals surface area (Å²) < 4.78 is 44.1. The number of carbonyl (C=O) groups is 2. The fourth-order valence-corrected chi connectivity index (χ4v) is 5.02. The number of para-hydroxylation sites is 4. The van der Waals surface area contributed by atoms with Crippen molar-refractivity contribution in [3.8, 4) is 5.75 Å². The lowest BCUT2D eigenvalue weighted by Crippen LogP contribution is -2.66. The highest BCUT2D eigenvalue weighted by molar-refractivity contribution is 5.94. The molecule has 7 nitrogen and oxygen atoms in total. The van der Waals surface area contributed by atoms with Crippen LogP contribution in [0.25, 0.3) is 11.0 Å². The van der Waals surface area contributed by atoms with E-state index in [1.165, 1.54) is 18.2 Å². The molecule has 1 N–H and O–H groups in total. The van der Waals surface area contributed by atoms with E-state index in [-0.39, 0.29) is 24.6 Å². The van der Waals surface area contributed by atoms with Gasteiger partial charge in [0.1, 0.15) is 11.4 Å². The first-order chi connectivity index (χ1) is 16.4. The first-order valence-electron chi connectivity index (χ1n) is 11.4. The Balaban J connectivity index is 1.60. The summed E-state index contributed by atoms with van der Waals surface area (Å²) in [6.45, 7) is 3.94. The van der Waals surface area contributed by atoms with Gasteiger partial charge in [-0.05, 0) is 38.1 Å². The summed E-state index contributed by atoms with van der Waals surface area (Å²) in [5.41, 5.74) is 0.896. The van der Waals surface area contributed by atoms with Crippen molar-refractivity contribution in [1.29, 1.82) is 0 Å². The van der Waals surface area contributed by atoms with E-state index in [0.29, 0.717) is 19.3 Å². The fraction of sp³-hybridized carbons (Fsp3) is 0.400. The molecule has 0 bridgehead atoms. The number of imidazole rings is 1. The topological polar surface area (TPSA) is 73.2 Å². The summed E-state index contributed by atoms with van der Waals surface area (Å²) in [4.78, 5) is 31.9. The molecule has 1 aliphatic heterocycles. The van der Waals surface area contributed by atoms with Crippen molar-refractivity contribution in [3.63, 3.8) is 0 Å². The van der Waals surface area contributed by atoms with E-state index < -0.39 is 28.2 Å². The molecular formula is C25H28F3N4O3+. The first-order valence-corrected chi connectivity index (χ1v) is 11.4. The minimum absolute atomic E-state index is 0.0642. The van der Waals surface area contributed by atoms with Gasteiger partial charge >= 0.3 is 18.3 Å². The lowest BCUT2D eigenvalue weighted by molar-refractivity contribution is -0.809. The average molecular weight is 490 g/mol. The number of imide groups is 1. The summed E-state index contributed by atoms with van der Waals surface area (Å²) in [6, 6.07) is 12.3. The Hall–Kier alpha value is -3.40. The maximum Gasteiger partial charge on any atom is 0.573 e. The van der Waals surface area contributed by atoms with Gasteiger partial charge < -0.3 is 9.30 Å². The van der Waals surface area contributed by atoms with E-state index in [1.54, 1.807) is 0 Å². The number of likely N-dealkylation sites (tertiary alicyclic amines) is 1. The number of halogens is 3. The van der Waals surface area contributed by atoms with Crippen LogP contribution in [0.5, 0.6) is 5.75 Å². The molecule has 1 saturated heterocycles. The van der Waals surface area contributed by atoms with Crippen LogP contribution < -0.4 is 10.1 Å². The van der Waals surface area contributed by atoms with Crippen molar-refractivity contribution in [2.24, 2.45) is 7.05 Å². The molecule has 186 valence electrons. The monoisotopic (exact) mass is 489 g/mol. The van der Waals surface area contributed by atoms with E-state index in [9.17, 15) is 22.8 Å². The summed E-state index contributed by atoms with van der Waals surface area (Å²) in [5.74, 6) is -0.110. The number of alkyl halides is 3. The zero-order valence-corrected chi connectivity index (χ0v) is 19.9. The second-order valence-electron chi connectivity index (χ2n) is 9.39. The third kappa shape index (κ3) is 4.62. The third-order valence-corrected chi connectivity index (χ3v) is 6.88. The number of anilines is 1. The average Bonchev–Trinajstić information content (AvgIpc) is 3.28. The van der Waals surface area contributed by atoms with Gasteiger partial charge in [-0.25, -0.2) is 14.6 Å². The normalized spacial score (nSPS) is 19.6. The number of quaternary nitrogens is 1. The van der Waals surface area contributed by atoms with Crippen molar-refractivity contribution in [3.05, 3.63) is 54.4 Å². The molecule has 0 saturated carbocycles. The molecular weight excluding hydrogens is 461 g/mol. The van der Waals surface area contributed by atoms with Gasteiger partial charge in [0, 0.05) is 26.3 Å². The Morgan fingerprint density at radius 2 is 1.83 bits per heavy atom. The molecule has 1 unspecified atom stereocenters. The molecule has 4 rings (SSSR count). The standard InChI is InChI=1S/C25H27F3N4O3/c1-24(2)15-8-16-32(24,23(34)30-18-10-5-7-12-20(18)35-25(26,27)28)22(33)14-13-21-29-17-9-4-6-11-19(17)31(21)3/h4-7,9-12H,8,13-16H2,1-3H3/p+1. The van der Waals surface area contributed by atoms with Gasteiger partial charge in [-0.3, -0.25) is 5.32 Å². The highest BCUT2D eigenvalue weighted by Gasteiger charge is 2.59. The molecule has 35 heavy (non-hydrogen) atoms. The molecule has 2 heterocycles. The second kappa shape index (κ2) is 8.99. The number of amides is 3. The van der Waals surface area contributed by atoms with E-state index in [2.05, 4.69) is 15.0 Å². The maximum atomic E-state index is 13.7. The number of aryl methyl sites for hydroxylation is 2. The number of benzene rings is 2. The van der Waals surface area contributed by atoms with Gasteiger partial charge in [0.25, 0.3) is 0 Å². The molecule has 3 amide bonds. The number of rotatable bonds is 5. The molecule has 1 aromatic heterocycles. The number of hydrogen-bond acceptors (Lipinski definition) is 4. The number of nitrogens with zero attached hydrogens (tertiary/aromatic N) is 3. The molecule has 0 spiro atoms. The zero-order chi connectivity index (χ0) is 25.4. The molecule has 10 heteroatoms. The summed E-state index contributed by atoms with van der Waals surface area (Å²) in [6.07, 6.45) is -3.25. The van der Waals surface area contributed by atoms with Gasteiger partial charge in [-0.1, -0.05) is 24.3 Å². The number of hydrogen-bond donors (Lipinski definition) is 1. The van der Waals surface area contributed by atoms with Crippen molar-refractivity contribution < 1.29 is 32.0 Å². The van der Waals surface area contributed by atoms with Crippen LogP contribution in [-0.4, -0.2) is 44.4 Å². The number of nitrogens with one attached hydrogen (secondary N) is 1. The minimum Gasteiger partial charge on any atom is -0.404 e. The molecule has 0 aliphatic carbocycles. The van der Waals surface area contributed by atoms with Crippen LogP contribution in [0.15, 0.2) is 48.5 Å². The minimum atomic E-state index is -4.92. The van der Waals surface area contributed by atoms with E-state index in [4.69, 9.17) is 0 Å². The van der Waals surface area contributed by atoms with Gasteiger partial charge in [0.05, 0.1) is 29.7 Å². The number of carbonyl (C=O) groups excluding carboxylic acids is 2. The van der Waals surface area contributed by atoms with Gasteiger partial charge in [0.15, 0.2) is 5.75 Å². The Kier molecular flexibility index (Phi) is 6.35. The van der Waals surface area contributed by atoms with E-state index in [0.717, 1.165) is 22.9 Å². The van der Waals surface area contributed by atoms with E-state index >= 15 is 0 Å². The van der Waals surface area contributed by atoms with Crippen molar-refractivity contribution >= 4 is 28.7 Å². The maximum absolute atomic E-state index is 13.7. The number of fused-ring (bicyclic) bond motifs is 1. The molecule has 3 aromatic rings. The molecule has 1 atom stereocenters. The predicted molar refractivity (Wildman–Crippen MR) is 125 cm³/mol. The van der Waals surface area contributed by atoms with Crippen LogP contribution in [0.4, 0.5) is 23.7 Å². The lowest BCUT2D eigenvalue weighted by atomic mass is 9.98. The number of aromatic nitrogens is 2. The van der Waals surface area contributed by atoms with E-state index in [1.807, 2.05) is 49.7 Å². The van der Waals surface area contributed by atoms with Crippen molar-refractivity contribution in [2.45, 2.75) is 51.4 Å². The highest BCUT2D eigenvalue weighted by atomic mass is 19.4. The lowest BCUT2D eigenvalue weighted by Gasteiger charge is -2.40. The van der Waals surface area contributed by atoms with Crippen molar-refractivity contribution in [2.75, 3.05) is 11.9 Å². The number of urea groups is 1. The Labute approximate surface area is 201 Å². The third-order valence-electron chi connectivity index (χ3n) is 6.88. The fourth-order valence-electron chi connectivity index (χ4n) is 5.02. The smallest absolute Gasteiger partial charge is 0.404 e. The zero-order valence-electron chi connectivity index (χ0n) is 19.9.